The number of hydrogen-bond acceptors (Lipinski definition) is 4. The van der Waals surface area contributed by atoms with Gasteiger partial charge in [-0.25, -0.2) is 0 Å². The molecule has 3 aromatic rings. The zero-order valence-electron chi connectivity index (χ0n) is 15.9. The third-order valence-electron chi connectivity index (χ3n) is 5.70. The van der Waals surface area contributed by atoms with Gasteiger partial charge in [-0.05, 0) is 66.1 Å². The van der Waals surface area contributed by atoms with Crippen molar-refractivity contribution in [3.05, 3.63) is 65.0 Å². The number of aliphatic hydroxyl groups is 1. The Morgan fingerprint density at radius 3 is 2.61 bits per heavy atom. The highest BCUT2D eigenvalue weighted by Gasteiger charge is 2.31. The number of amides is 1. The molecule has 4 nitrogen and oxygen atoms in total. The number of para-hydroxylation sites is 1. The van der Waals surface area contributed by atoms with Gasteiger partial charge in [0.2, 0.25) is 0 Å². The van der Waals surface area contributed by atoms with E-state index < -0.39 is 0 Å². The summed E-state index contributed by atoms with van der Waals surface area (Å²) in [4.78, 5) is 13.1. The van der Waals surface area contributed by atoms with Crippen LogP contribution in [0.5, 0.6) is 5.75 Å². The van der Waals surface area contributed by atoms with Crippen LogP contribution in [0, 0.1) is 5.92 Å². The number of aliphatic hydroxyl groups excluding tert-OH is 1. The van der Waals surface area contributed by atoms with Crippen LogP contribution < -0.4 is 10.1 Å². The first-order valence-corrected chi connectivity index (χ1v) is 10.6. The number of ether oxygens (including phenoxy) is 1. The van der Waals surface area contributed by atoms with Crippen LogP contribution in [-0.2, 0) is 0 Å². The number of hydrogen-bond donors (Lipinski definition) is 2. The molecule has 146 valence electrons. The summed E-state index contributed by atoms with van der Waals surface area (Å²) in [6.45, 7) is 0. The smallest absolute Gasteiger partial charge is 0.255 e. The Kier molecular flexibility index (Phi) is 5.64. The van der Waals surface area contributed by atoms with E-state index in [0.29, 0.717) is 17.2 Å². The topological polar surface area (TPSA) is 58.6 Å². The van der Waals surface area contributed by atoms with Crippen molar-refractivity contribution in [1.82, 2.24) is 5.32 Å². The lowest BCUT2D eigenvalue weighted by molar-refractivity contribution is 0.0831. The molecule has 28 heavy (non-hydrogen) atoms. The second-order valence-corrected chi connectivity index (χ2v) is 8.32. The van der Waals surface area contributed by atoms with Crippen LogP contribution in [0.3, 0.4) is 0 Å². The first-order valence-electron chi connectivity index (χ1n) is 9.75. The van der Waals surface area contributed by atoms with E-state index >= 15 is 0 Å². The quantitative estimate of drug-likeness (QED) is 0.644. The summed E-state index contributed by atoms with van der Waals surface area (Å²) in [6, 6.07) is 15.6. The third kappa shape index (κ3) is 3.77. The molecule has 1 unspecified atom stereocenters. The van der Waals surface area contributed by atoms with E-state index in [4.69, 9.17) is 4.74 Å². The molecule has 1 aliphatic carbocycles. The molecule has 1 heterocycles. The van der Waals surface area contributed by atoms with E-state index in [2.05, 4.69) is 22.8 Å². The van der Waals surface area contributed by atoms with Crippen molar-refractivity contribution in [2.75, 3.05) is 7.11 Å². The number of methoxy groups -OCH3 is 1. The minimum atomic E-state index is -0.221. The Morgan fingerprint density at radius 2 is 1.82 bits per heavy atom. The molecule has 2 N–H and O–H groups in total. The summed E-state index contributed by atoms with van der Waals surface area (Å²) in [5.41, 5.74) is 1.72. The maximum absolute atomic E-state index is 13.1. The standard InChI is InChI=1S/C23H25NO3S/c1-27-20-8-4-2-7-18(20)23(26)24-22(15-10-12-16(25)13-11-15)19-14-28-21-9-5-3-6-17(19)21/h2-9,14-16,22,25H,10-13H2,1H3,(H,24,26). The lowest BCUT2D eigenvalue weighted by atomic mass is 9.80. The third-order valence-corrected chi connectivity index (χ3v) is 6.68. The Labute approximate surface area is 169 Å². The molecule has 4 rings (SSSR count). The molecule has 0 spiro atoms. The predicted octanol–water partition coefficient (Wildman–Crippen LogP) is 4.93. The molecule has 1 aliphatic rings. The van der Waals surface area contributed by atoms with Crippen LogP contribution in [0.1, 0.15) is 47.6 Å². The van der Waals surface area contributed by atoms with Gasteiger partial charge >= 0.3 is 0 Å². The van der Waals surface area contributed by atoms with Crippen LogP contribution in [0.25, 0.3) is 10.1 Å². The van der Waals surface area contributed by atoms with Crippen molar-refractivity contribution in [1.29, 1.82) is 0 Å². The van der Waals surface area contributed by atoms with Gasteiger partial charge in [0.15, 0.2) is 0 Å². The first-order chi connectivity index (χ1) is 13.7. The molecule has 0 aliphatic heterocycles. The molecular weight excluding hydrogens is 370 g/mol. The fraction of sp³-hybridized carbons (Fsp3) is 0.348. The molecule has 1 saturated carbocycles. The van der Waals surface area contributed by atoms with Crippen LogP contribution >= 0.6 is 11.3 Å². The maximum atomic E-state index is 13.1. The molecule has 0 bridgehead atoms. The minimum Gasteiger partial charge on any atom is -0.496 e. The number of fused-ring (bicyclic) bond motifs is 1. The molecule has 1 aromatic heterocycles. The lowest BCUT2D eigenvalue weighted by Crippen LogP contribution is -2.36. The molecule has 5 heteroatoms. The highest BCUT2D eigenvalue weighted by Crippen LogP contribution is 2.39. The maximum Gasteiger partial charge on any atom is 0.255 e. The molecule has 2 aromatic carbocycles. The van der Waals surface area contributed by atoms with E-state index in [1.165, 1.54) is 15.6 Å². The predicted molar refractivity (Wildman–Crippen MR) is 113 cm³/mol. The summed E-state index contributed by atoms with van der Waals surface area (Å²) in [7, 11) is 1.58. The fourth-order valence-electron chi connectivity index (χ4n) is 4.17. The highest BCUT2D eigenvalue weighted by atomic mass is 32.1. The number of carbonyl (C=O) groups is 1. The van der Waals surface area contributed by atoms with Crippen LogP contribution in [-0.4, -0.2) is 24.2 Å². The zero-order chi connectivity index (χ0) is 19.5. The molecule has 1 atom stereocenters. The Morgan fingerprint density at radius 1 is 1.11 bits per heavy atom. The van der Waals surface area contributed by atoms with Gasteiger partial charge in [0, 0.05) is 4.70 Å². The Balaban J connectivity index is 1.68. The monoisotopic (exact) mass is 395 g/mol. The summed E-state index contributed by atoms with van der Waals surface area (Å²) < 4.78 is 6.60. The van der Waals surface area contributed by atoms with Crippen LogP contribution in [0.2, 0.25) is 0 Å². The van der Waals surface area contributed by atoms with E-state index in [1.54, 1.807) is 30.6 Å². The van der Waals surface area contributed by atoms with Crippen molar-refractivity contribution in [3.8, 4) is 5.75 Å². The minimum absolute atomic E-state index is 0.0823. The van der Waals surface area contributed by atoms with Gasteiger partial charge in [-0.15, -0.1) is 11.3 Å². The van der Waals surface area contributed by atoms with Crippen molar-refractivity contribution in [3.63, 3.8) is 0 Å². The van der Waals surface area contributed by atoms with Gasteiger partial charge in [-0.1, -0.05) is 30.3 Å². The highest BCUT2D eigenvalue weighted by molar-refractivity contribution is 7.17. The number of benzene rings is 2. The van der Waals surface area contributed by atoms with Gasteiger partial charge in [0.05, 0.1) is 24.8 Å². The average molecular weight is 396 g/mol. The number of nitrogens with one attached hydrogen (secondary N) is 1. The number of thiophene rings is 1. The molecule has 1 fully saturated rings. The largest absolute Gasteiger partial charge is 0.496 e. The number of carbonyl (C=O) groups excluding carboxylic acids is 1. The van der Waals surface area contributed by atoms with E-state index in [-0.39, 0.29) is 18.1 Å². The first kappa shape index (κ1) is 19.0. The summed E-state index contributed by atoms with van der Waals surface area (Å²) in [6.07, 6.45) is 3.16. The van der Waals surface area contributed by atoms with Gasteiger partial charge in [-0.2, -0.15) is 0 Å². The Bertz CT molecular complexity index is 959. The van der Waals surface area contributed by atoms with Gasteiger partial charge < -0.3 is 15.2 Å². The van der Waals surface area contributed by atoms with Crippen LogP contribution in [0.15, 0.2) is 53.9 Å². The summed E-state index contributed by atoms with van der Waals surface area (Å²) >= 11 is 1.71. The normalized spacial score (nSPS) is 20.6. The van der Waals surface area contributed by atoms with Crippen LogP contribution in [0.4, 0.5) is 0 Å². The molecule has 1 amide bonds. The summed E-state index contributed by atoms with van der Waals surface area (Å²) in [5, 5.41) is 16.6. The van der Waals surface area contributed by atoms with E-state index in [9.17, 15) is 9.90 Å². The zero-order valence-corrected chi connectivity index (χ0v) is 16.7. The van der Waals surface area contributed by atoms with Crippen molar-refractivity contribution < 1.29 is 14.6 Å². The van der Waals surface area contributed by atoms with Crippen molar-refractivity contribution >= 4 is 27.3 Å². The molecular formula is C23H25NO3S. The molecule has 0 saturated heterocycles. The second-order valence-electron chi connectivity index (χ2n) is 7.41. The number of rotatable bonds is 5. The molecule has 0 radical (unpaired) electrons. The second kappa shape index (κ2) is 8.33. The lowest BCUT2D eigenvalue weighted by Gasteiger charge is -2.33. The average Bonchev–Trinajstić information content (AvgIpc) is 3.16. The van der Waals surface area contributed by atoms with E-state index in [0.717, 1.165) is 25.7 Å². The van der Waals surface area contributed by atoms with E-state index in [1.807, 2.05) is 24.3 Å². The summed E-state index contributed by atoms with van der Waals surface area (Å²) in [5.74, 6) is 0.761. The Hall–Kier alpha value is -2.37. The SMILES string of the molecule is COc1ccccc1C(=O)NC(c1csc2ccccc12)C1CCC(O)CC1. The fourth-order valence-corrected chi connectivity index (χ4v) is 5.17. The van der Waals surface area contributed by atoms with Gasteiger partial charge in [0.1, 0.15) is 5.75 Å². The van der Waals surface area contributed by atoms with Crippen molar-refractivity contribution in [2.24, 2.45) is 5.92 Å². The van der Waals surface area contributed by atoms with Gasteiger partial charge in [0.25, 0.3) is 5.91 Å². The van der Waals surface area contributed by atoms with Gasteiger partial charge in [-0.3, -0.25) is 4.79 Å². The van der Waals surface area contributed by atoms with Crippen molar-refractivity contribution in [2.45, 2.75) is 37.8 Å².